The second-order valence-corrected chi connectivity index (χ2v) is 6.78. The molecule has 0 spiro atoms. The Morgan fingerprint density at radius 3 is 2.62 bits per heavy atom. The minimum Gasteiger partial charge on any atom is -0.392 e. The molecule has 0 saturated carbocycles. The first-order chi connectivity index (χ1) is 10.0. The highest BCUT2D eigenvalue weighted by Crippen LogP contribution is 2.35. The van der Waals surface area contributed by atoms with Gasteiger partial charge < -0.3 is 14.5 Å². The van der Waals surface area contributed by atoms with Crippen LogP contribution in [0.4, 0.5) is 0 Å². The summed E-state index contributed by atoms with van der Waals surface area (Å²) in [7, 11) is 2.17. The maximum absolute atomic E-state index is 10.1. The number of β-amino-alcohol motifs (C(OH)–C–C–N with tert-alkyl or cyclic N) is 1. The number of nitrogens with zero attached hydrogens (tertiary/aromatic N) is 4. The zero-order valence-electron chi connectivity index (χ0n) is 13.2. The molecule has 0 bridgehead atoms. The number of hydrogen-bond acceptors (Lipinski definition) is 6. The maximum atomic E-state index is 10.1. The fourth-order valence-electron chi connectivity index (χ4n) is 3.43. The SMILES string of the molecule is CC(C)c1noc(C2CC(O)CN2C2CCN(C)CC2)n1. The average molecular weight is 294 g/mol. The van der Waals surface area contributed by atoms with Crippen molar-refractivity contribution >= 4 is 0 Å². The van der Waals surface area contributed by atoms with E-state index in [1.165, 1.54) is 0 Å². The van der Waals surface area contributed by atoms with Crippen molar-refractivity contribution in [2.45, 2.75) is 57.2 Å². The van der Waals surface area contributed by atoms with Crippen LogP contribution in [0.5, 0.6) is 0 Å². The normalized spacial score (nSPS) is 29.6. The van der Waals surface area contributed by atoms with Crippen molar-refractivity contribution in [2.24, 2.45) is 0 Å². The topological polar surface area (TPSA) is 65.6 Å². The molecule has 0 aliphatic carbocycles. The molecule has 3 heterocycles. The van der Waals surface area contributed by atoms with E-state index >= 15 is 0 Å². The molecule has 0 amide bonds. The Bertz CT molecular complexity index is 468. The minimum absolute atomic E-state index is 0.0772. The minimum atomic E-state index is -0.288. The van der Waals surface area contributed by atoms with Gasteiger partial charge in [0.15, 0.2) is 5.82 Å². The van der Waals surface area contributed by atoms with Crippen molar-refractivity contribution in [1.82, 2.24) is 19.9 Å². The van der Waals surface area contributed by atoms with Crippen molar-refractivity contribution in [3.05, 3.63) is 11.7 Å². The highest BCUT2D eigenvalue weighted by atomic mass is 16.5. The van der Waals surface area contributed by atoms with E-state index in [2.05, 4.69) is 40.8 Å². The fraction of sp³-hybridized carbons (Fsp3) is 0.867. The quantitative estimate of drug-likeness (QED) is 0.909. The molecule has 2 aliphatic rings. The summed E-state index contributed by atoms with van der Waals surface area (Å²) in [5.74, 6) is 1.70. The third-order valence-electron chi connectivity index (χ3n) is 4.73. The number of aliphatic hydroxyl groups is 1. The first-order valence-corrected chi connectivity index (χ1v) is 8.00. The van der Waals surface area contributed by atoms with Gasteiger partial charge in [-0.25, -0.2) is 0 Å². The van der Waals surface area contributed by atoms with Crippen molar-refractivity contribution in [3.8, 4) is 0 Å². The monoisotopic (exact) mass is 294 g/mol. The van der Waals surface area contributed by atoms with Crippen LogP contribution in [-0.4, -0.2) is 63.9 Å². The Balaban J connectivity index is 1.75. The van der Waals surface area contributed by atoms with Crippen LogP contribution in [0, 0.1) is 0 Å². The van der Waals surface area contributed by atoms with Gasteiger partial charge in [-0.15, -0.1) is 0 Å². The van der Waals surface area contributed by atoms with Gasteiger partial charge in [-0.1, -0.05) is 19.0 Å². The molecule has 6 heteroatoms. The summed E-state index contributed by atoms with van der Waals surface area (Å²) in [6, 6.07) is 0.589. The van der Waals surface area contributed by atoms with Gasteiger partial charge in [0.2, 0.25) is 5.89 Å². The summed E-state index contributed by atoms with van der Waals surface area (Å²) >= 11 is 0. The molecule has 6 nitrogen and oxygen atoms in total. The summed E-state index contributed by atoms with van der Waals surface area (Å²) in [5, 5.41) is 14.2. The van der Waals surface area contributed by atoms with E-state index in [4.69, 9.17) is 4.52 Å². The number of piperidine rings is 1. The standard InChI is InChI=1S/C15H26N4O2/c1-10(2)14-16-15(21-17-14)13-8-12(20)9-19(13)11-4-6-18(3)7-5-11/h10-13,20H,4-9H2,1-3H3. The lowest BCUT2D eigenvalue weighted by molar-refractivity contribution is 0.0880. The summed E-state index contributed by atoms with van der Waals surface area (Å²) < 4.78 is 5.48. The Morgan fingerprint density at radius 1 is 1.29 bits per heavy atom. The van der Waals surface area contributed by atoms with Crippen LogP contribution < -0.4 is 0 Å². The summed E-state index contributed by atoms with van der Waals surface area (Å²) in [4.78, 5) is 9.29. The third kappa shape index (κ3) is 3.12. The van der Waals surface area contributed by atoms with Crippen molar-refractivity contribution < 1.29 is 9.63 Å². The number of aromatic nitrogens is 2. The van der Waals surface area contributed by atoms with Gasteiger partial charge in [-0.3, -0.25) is 4.90 Å². The van der Waals surface area contributed by atoms with Gasteiger partial charge in [0.25, 0.3) is 0 Å². The van der Waals surface area contributed by atoms with E-state index in [1.54, 1.807) is 0 Å². The number of likely N-dealkylation sites (tertiary alicyclic amines) is 2. The van der Waals surface area contributed by atoms with E-state index in [9.17, 15) is 5.11 Å². The van der Waals surface area contributed by atoms with Crippen LogP contribution in [0.15, 0.2) is 4.52 Å². The number of hydrogen-bond donors (Lipinski definition) is 1. The molecule has 1 N–H and O–H groups in total. The molecule has 0 aromatic carbocycles. The highest BCUT2D eigenvalue weighted by molar-refractivity contribution is 5.02. The third-order valence-corrected chi connectivity index (χ3v) is 4.73. The first-order valence-electron chi connectivity index (χ1n) is 8.00. The number of rotatable bonds is 3. The first kappa shape index (κ1) is 14.9. The van der Waals surface area contributed by atoms with E-state index < -0.39 is 0 Å². The second-order valence-electron chi connectivity index (χ2n) is 6.78. The van der Waals surface area contributed by atoms with Gasteiger partial charge in [0, 0.05) is 18.5 Å². The Labute approximate surface area is 126 Å². The van der Waals surface area contributed by atoms with E-state index in [0.29, 0.717) is 18.4 Å². The molecule has 3 rings (SSSR count). The maximum Gasteiger partial charge on any atom is 0.244 e. The Hall–Kier alpha value is -0.980. The molecule has 2 aliphatic heterocycles. The molecule has 2 unspecified atom stereocenters. The van der Waals surface area contributed by atoms with Crippen molar-refractivity contribution in [3.63, 3.8) is 0 Å². The Morgan fingerprint density at radius 2 is 2.00 bits per heavy atom. The molecule has 0 radical (unpaired) electrons. The summed E-state index contributed by atoms with van der Waals surface area (Å²) in [6.07, 6.45) is 2.70. The predicted molar refractivity (Wildman–Crippen MR) is 79.0 cm³/mol. The average Bonchev–Trinajstić information content (AvgIpc) is 3.06. The van der Waals surface area contributed by atoms with Gasteiger partial charge >= 0.3 is 0 Å². The van der Waals surface area contributed by atoms with Gasteiger partial charge in [-0.2, -0.15) is 4.98 Å². The summed E-state index contributed by atoms with van der Waals surface area (Å²) in [6.45, 7) is 7.08. The lowest BCUT2D eigenvalue weighted by Crippen LogP contribution is -2.43. The van der Waals surface area contributed by atoms with Crippen LogP contribution in [0.3, 0.4) is 0 Å². The molecule has 2 atom stereocenters. The van der Waals surface area contributed by atoms with Crippen LogP contribution in [0.1, 0.15) is 56.8 Å². The zero-order valence-corrected chi connectivity index (χ0v) is 13.2. The van der Waals surface area contributed by atoms with Gasteiger partial charge in [0.05, 0.1) is 12.1 Å². The van der Waals surface area contributed by atoms with E-state index in [-0.39, 0.29) is 18.1 Å². The van der Waals surface area contributed by atoms with E-state index in [1.807, 2.05) is 0 Å². The molecule has 118 valence electrons. The lowest BCUT2D eigenvalue weighted by Gasteiger charge is -2.37. The molecule has 1 aromatic heterocycles. The van der Waals surface area contributed by atoms with Crippen LogP contribution in [0.2, 0.25) is 0 Å². The van der Waals surface area contributed by atoms with Crippen LogP contribution in [-0.2, 0) is 0 Å². The molecule has 21 heavy (non-hydrogen) atoms. The predicted octanol–water partition coefficient (Wildman–Crippen LogP) is 1.39. The highest BCUT2D eigenvalue weighted by Gasteiger charge is 2.40. The van der Waals surface area contributed by atoms with Crippen LogP contribution >= 0.6 is 0 Å². The molecule has 2 fully saturated rings. The largest absolute Gasteiger partial charge is 0.392 e. The van der Waals surface area contributed by atoms with E-state index in [0.717, 1.165) is 38.3 Å². The lowest BCUT2D eigenvalue weighted by atomic mass is 10.0. The van der Waals surface area contributed by atoms with Crippen LogP contribution in [0.25, 0.3) is 0 Å². The Kier molecular flexibility index (Phi) is 4.28. The van der Waals surface area contributed by atoms with Gasteiger partial charge in [0.1, 0.15) is 0 Å². The van der Waals surface area contributed by atoms with Crippen molar-refractivity contribution in [2.75, 3.05) is 26.7 Å². The molecule has 2 saturated heterocycles. The second kappa shape index (κ2) is 6.02. The molecular weight excluding hydrogens is 268 g/mol. The number of aliphatic hydroxyl groups excluding tert-OH is 1. The molecular formula is C15H26N4O2. The van der Waals surface area contributed by atoms with Gasteiger partial charge in [-0.05, 0) is 39.4 Å². The smallest absolute Gasteiger partial charge is 0.244 e. The molecule has 1 aromatic rings. The van der Waals surface area contributed by atoms with Crippen molar-refractivity contribution in [1.29, 1.82) is 0 Å². The fourth-order valence-corrected chi connectivity index (χ4v) is 3.43. The zero-order chi connectivity index (χ0) is 15.0. The summed E-state index contributed by atoms with van der Waals surface area (Å²) in [5.41, 5.74) is 0.